The van der Waals surface area contributed by atoms with E-state index in [1.54, 1.807) is 12.1 Å². The summed E-state index contributed by atoms with van der Waals surface area (Å²) in [6, 6.07) is 3.12. The van der Waals surface area contributed by atoms with Gasteiger partial charge in [0.1, 0.15) is 6.23 Å². The van der Waals surface area contributed by atoms with Gasteiger partial charge in [0.15, 0.2) is 5.69 Å². The second kappa shape index (κ2) is 9.03. The molecule has 0 bridgehead atoms. The molecule has 2 amide bonds. The molecule has 1 atom stereocenters. The third kappa shape index (κ3) is 5.76. The fraction of sp³-hybridized carbons (Fsp3) is 0.444. The Bertz CT molecular complexity index is 848. The van der Waals surface area contributed by atoms with Crippen molar-refractivity contribution in [3.63, 3.8) is 0 Å². The highest BCUT2D eigenvalue weighted by atomic mass is 19.4. The predicted octanol–water partition coefficient (Wildman–Crippen LogP) is 2.91. The van der Waals surface area contributed by atoms with Crippen LogP contribution in [-0.2, 0) is 4.74 Å². The first-order chi connectivity index (χ1) is 13.8. The summed E-state index contributed by atoms with van der Waals surface area (Å²) < 4.78 is 44.1. The summed E-state index contributed by atoms with van der Waals surface area (Å²) in [6.07, 6.45) is 0.844. The van der Waals surface area contributed by atoms with Gasteiger partial charge in [-0.25, -0.2) is 4.68 Å². The summed E-state index contributed by atoms with van der Waals surface area (Å²) in [4.78, 5) is 28.7. The lowest BCUT2D eigenvalue weighted by Crippen LogP contribution is -2.29. The van der Waals surface area contributed by atoms with Crippen LogP contribution in [-0.4, -0.2) is 45.9 Å². The van der Waals surface area contributed by atoms with E-state index < -0.39 is 37.2 Å². The van der Waals surface area contributed by atoms with Crippen LogP contribution in [0, 0.1) is 0 Å². The second-order valence-corrected chi connectivity index (χ2v) is 6.51. The quantitative estimate of drug-likeness (QED) is 0.762. The maximum atomic E-state index is 12.4. The van der Waals surface area contributed by atoms with Crippen molar-refractivity contribution >= 4 is 17.5 Å². The van der Waals surface area contributed by atoms with Crippen molar-refractivity contribution in [3.8, 4) is 0 Å². The van der Waals surface area contributed by atoms with Gasteiger partial charge in [-0.05, 0) is 31.4 Å². The predicted molar refractivity (Wildman–Crippen MR) is 96.3 cm³/mol. The molecule has 3 heterocycles. The normalized spacial score (nSPS) is 17.0. The summed E-state index contributed by atoms with van der Waals surface area (Å²) in [6.45, 7) is -0.0554. The van der Waals surface area contributed by atoms with Crippen LogP contribution in [0.3, 0.4) is 0 Å². The fourth-order valence-electron chi connectivity index (χ4n) is 2.82. The molecule has 1 aliphatic heterocycles. The van der Waals surface area contributed by atoms with E-state index >= 15 is 0 Å². The maximum absolute atomic E-state index is 12.4. The van der Waals surface area contributed by atoms with Gasteiger partial charge in [0, 0.05) is 25.5 Å². The van der Waals surface area contributed by atoms with Crippen molar-refractivity contribution < 1.29 is 27.5 Å². The highest BCUT2D eigenvalue weighted by molar-refractivity contribution is 6.08. The highest BCUT2D eigenvalue weighted by Gasteiger charge is 2.28. The van der Waals surface area contributed by atoms with E-state index in [2.05, 4.69) is 20.7 Å². The summed E-state index contributed by atoms with van der Waals surface area (Å²) in [5, 5.41) is 8.92. The lowest BCUT2D eigenvalue weighted by Gasteiger charge is -2.22. The molecule has 156 valence electrons. The molecule has 2 aromatic heterocycles. The number of carbonyl (C=O) groups is 2. The first-order valence-corrected chi connectivity index (χ1v) is 9.10. The lowest BCUT2D eigenvalue weighted by molar-refractivity contribution is -0.133. The zero-order chi connectivity index (χ0) is 20.9. The highest BCUT2D eigenvalue weighted by Crippen LogP contribution is 2.25. The number of rotatable bonds is 6. The molecule has 8 nitrogen and oxygen atoms in total. The third-order valence-corrected chi connectivity index (χ3v) is 4.26. The second-order valence-electron chi connectivity index (χ2n) is 6.51. The van der Waals surface area contributed by atoms with Gasteiger partial charge in [0.05, 0.1) is 23.9 Å². The standard InChI is InChI=1S/C18H20F3N5O3/c19-18(20,21)6-8-23-17(28)15-13(24-16(27)12-4-3-7-22-10-12)11-26(25-15)14-5-1-2-9-29-14/h3-4,7,10-11,14H,1-2,5-6,8-9H2,(H,23,28)(H,24,27). The van der Waals surface area contributed by atoms with E-state index in [0.717, 1.165) is 12.8 Å². The number of anilines is 1. The zero-order valence-electron chi connectivity index (χ0n) is 15.4. The topological polar surface area (TPSA) is 98.1 Å². The molecule has 1 unspecified atom stereocenters. The van der Waals surface area contributed by atoms with E-state index in [4.69, 9.17) is 4.74 Å². The Morgan fingerprint density at radius 1 is 1.28 bits per heavy atom. The largest absolute Gasteiger partial charge is 0.390 e. The van der Waals surface area contributed by atoms with Crippen molar-refractivity contribution in [1.29, 1.82) is 0 Å². The number of aromatic nitrogens is 3. The number of hydrogen-bond donors (Lipinski definition) is 2. The lowest BCUT2D eigenvalue weighted by atomic mass is 10.2. The molecule has 0 saturated carbocycles. The van der Waals surface area contributed by atoms with Crippen LogP contribution in [0.5, 0.6) is 0 Å². The molecule has 29 heavy (non-hydrogen) atoms. The van der Waals surface area contributed by atoms with Crippen LogP contribution in [0.1, 0.15) is 52.8 Å². The molecule has 2 aromatic rings. The first kappa shape index (κ1) is 20.8. The van der Waals surface area contributed by atoms with Gasteiger partial charge in [-0.1, -0.05) is 0 Å². The molecule has 3 rings (SSSR count). The molecule has 11 heteroatoms. The number of nitrogens with one attached hydrogen (secondary N) is 2. The summed E-state index contributed by atoms with van der Waals surface area (Å²) in [7, 11) is 0. The number of pyridine rings is 1. The van der Waals surface area contributed by atoms with Crippen molar-refractivity contribution in [2.45, 2.75) is 38.1 Å². The fourth-order valence-corrected chi connectivity index (χ4v) is 2.82. The smallest absolute Gasteiger partial charge is 0.357 e. The Morgan fingerprint density at radius 2 is 2.10 bits per heavy atom. The van der Waals surface area contributed by atoms with E-state index in [9.17, 15) is 22.8 Å². The van der Waals surface area contributed by atoms with Crippen LogP contribution >= 0.6 is 0 Å². The van der Waals surface area contributed by atoms with E-state index in [0.29, 0.717) is 13.0 Å². The molecule has 2 N–H and O–H groups in total. The summed E-state index contributed by atoms with van der Waals surface area (Å²) in [5.41, 5.74) is 0.161. The molecular formula is C18H20F3N5O3. The summed E-state index contributed by atoms with van der Waals surface area (Å²) in [5.74, 6) is -1.34. The number of alkyl halides is 3. The van der Waals surface area contributed by atoms with E-state index in [-0.39, 0.29) is 16.9 Å². The first-order valence-electron chi connectivity index (χ1n) is 9.10. The van der Waals surface area contributed by atoms with Crippen LogP contribution < -0.4 is 10.6 Å². The molecule has 0 spiro atoms. The van der Waals surface area contributed by atoms with Gasteiger partial charge in [-0.15, -0.1) is 0 Å². The minimum atomic E-state index is -4.39. The van der Waals surface area contributed by atoms with Crippen molar-refractivity contribution in [2.75, 3.05) is 18.5 Å². The molecule has 1 aliphatic rings. The van der Waals surface area contributed by atoms with Crippen LogP contribution in [0.2, 0.25) is 0 Å². The maximum Gasteiger partial charge on any atom is 0.390 e. The SMILES string of the molecule is O=C(Nc1cn(C2CCCCO2)nc1C(=O)NCCC(F)(F)F)c1cccnc1. The van der Waals surface area contributed by atoms with Crippen LogP contribution in [0.15, 0.2) is 30.7 Å². The minimum Gasteiger partial charge on any atom is -0.357 e. The van der Waals surface area contributed by atoms with Gasteiger partial charge < -0.3 is 15.4 Å². The molecule has 1 fully saturated rings. The number of carbonyl (C=O) groups excluding carboxylic acids is 2. The number of halogens is 3. The Kier molecular flexibility index (Phi) is 6.47. The van der Waals surface area contributed by atoms with Gasteiger partial charge in [-0.2, -0.15) is 18.3 Å². The number of amides is 2. The summed E-state index contributed by atoms with van der Waals surface area (Å²) >= 11 is 0. The number of nitrogens with zero attached hydrogens (tertiary/aromatic N) is 3. The average Bonchev–Trinajstić information content (AvgIpc) is 3.12. The third-order valence-electron chi connectivity index (χ3n) is 4.26. The minimum absolute atomic E-state index is 0.0811. The molecule has 0 aliphatic carbocycles. The van der Waals surface area contributed by atoms with Gasteiger partial charge >= 0.3 is 6.18 Å². The molecule has 1 saturated heterocycles. The van der Waals surface area contributed by atoms with Gasteiger partial charge in [0.25, 0.3) is 11.8 Å². The average molecular weight is 411 g/mol. The Balaban J connectivity index is 1.79. The van der Waals surface area contributed by atoms with Crippen LogP contribution in [0.25, 0.3) is 0 Å². The monoisotopic (exact) mass is 411 g/mol. The van der Waals surface area contributed by atoms with E-state index in [1.807, 2.05) is 0 Å². The molecule has 0 aromatic carbocycles. The number of ether oxygens (including phenoxy) is 1. The molecule has 0 radical (unpaired) electrons. The number of hydrogen-bond acceptors (Lipinski definition) is 5. The Morgan fingerprint density at radius 3 is 2.76 bits per heavy atom. The molecular weight excluding hydrogens is 391 g/mol. The zero-order valence-corrected chi connectivity index (χ0v) is 15.4. The van der Waals surface area contributed by atoms with Crippen molar-refractivity contribution in [1.82, 2.24) is 20.1 Å². The van der Waals surface area contributed by atoms with Gasteiger partial charge in [0.2, 0.25) is 0 Å². The van der Waals surface area contributed by atoms with E-state index in [1.165, 1.54) is 23.3 Å². The van der Waals surface area contributed by atoms with Crippen molar-refractivity contribution in [3.05, 3.63) is 42.0 Å². The van der Waals surface area contributed by atoms with Crippen molar-refractivity contribution in [2.24, 2.45) is 0 Å². The van der Waals surface area contributed by atoms with Gasteiger partial charge in [-0.3, -0.25) is 14.6 Å². The Labute approximate surface area is 164 Å². The Hall–Kier alpha value is -2.95. The van der Waals surface area contributed by atoms with Crippen LogP contribution in [0.4, 0.5) is 18.9 Å².